The van der Waals surface area contributed by atoms with Crippen molar-refractivity contribution in [2.24, 2.45) is 0 Å². The molecule has 0 saturated heterocycles. The Labute approximate surface area is 112 Å². The van der Waals surface area contributed by atoms with E-state index in [2.05, 4.69) is 5.32 Å². The monoisotopic (exact) mass is 265 g/mol. The minimum absolute atomic E-state index is 0.0191. The average Bonchev–Trinajstić information content (AvgIpc) is 2.38. The molecule has 0 fully saturated rings. The second-order valence-electron chi connectivity index (χ2n) is 4.39. The van der Waals surface area contributed by atoms with Gasteiger partial charge in [-0.3, -0.25) is 14.9 Å². The van der Waals surface area contributed by atoms with Gasteiger partial charge in [0.2, 0.25) is 5.91 Å². The van der Waals surface area contributed by atoms with Crippen molar-refractivity contribution in [1.29, 1.82) is 0 Å². The minimum Gasteiger partial charge on any atom is -0.315 e. The van der Waals surface area contributed by atoms with Crippen LogP contribution in [-0.2, 0) is 4.79 Å². The van der Waals surface area contributed by atoms with Crippen LogP contribution in [-0.4, -0.2) is 30.5 Å². The molecule has 0 radical (unpaired) electrons. The minimum atomic E-state index is -0.459. The summed E-state index contributed by atoms with van der Waals surface area (Å²) in [7, 11) is 1.67. The molecule has 1 N–H and O–H groups in total. The van der Waals surface area contributed by atoms with E-state index in [4.69, 9.17) is 0 Å². The number of carbonyl (C=O) groups is 1. The zero-order chi connectivity index (χ0) is 14.4. The number of nitro benzene ring substituents is 1. The zero-order valence-corrected chi connectivity index (χ0v) is 11.4. The van der Waals surface area contributed by atoms with Crippen LogP contribution in [0.25, 0.3) is 0 Å². The lowest BCUT2D eigenvalue weighted by Crippen LogP contribution is -2.34. The smallest absolute Gasteiger partial charge is 0.269 e. The summed E-state index contributed by atoms with van der Waals surface area (Å²) in [5.74, 6) is -0.0256. The first-order valence-corrected chi connectivity index (χ1v) is 6.20. The number of nitrogens with one attached hydrogen (secondary N) is 1. The quantitative estimate of drug-likeness (QED) is 0.630. The highest BCUT2D eigenvalue weighted by Gasteiger charge is 2.15. The van der Waals surface area contributed by atoms with Gasteiger partial charge in [0.1, 0.15) is 0 Å². The number of hydrogen-bond donors (Lipinski definition) is 1. The van der Waals surface area contributed by atoms with E-state index in [1.807, 2.05) is 13.8 Å². The summed E-state index contributed by atoms with van der Waals surface area (Å²) in [6, 6.07) is 6.06. The number of anilines is 1. The van der Waals surface area contributed by atoms with Crippen LogP contribution < -0.4 is 10.2 Å². The van der Waals surface area contributed by atoms with Gasteiger partial charge in [0.05, 0.1) is 4.92 Å². The highest BCUT2D eigenvalue weighted by Crippen LogP contribution is 2.19. The largest absolute Gasteiger partial charge is 0.315 e. The molecule has 0 aliphatic carbocycles. The van der Waals surface area contributed by atoms with Crippen LogP contribution in [0, 0.1) is 10.1 Å². The number of hydrogen-bond acceptors (Lipinski definition) is 4. The first kappa shape index (κ1) is 15.1. The lowest BCUT2D eigenvalue weighted by molar-refractivity contribution is -0.384. The maximum absolute atomic E-state index is 12.0. The van der Waals surface area contributed by atoms with Crippen molar-refractivity contribution in [2.45, 2.75) is 26.3 Å². The summed E-state index contributed by atoms with van der Waals surface area (Å²) in [5, 5.41) is 13.7. The summed E-state index contributed by atoms with van der Waals surface area (Å²) < 4.78 is 0. The molecule has 6 heteroatoms. The van der Waals surface area contributed by atoms with E-state index in [1.54, 1.807) is 19.2 Å². The van der Waals surface area contributed by atoms with Crippen LogP contribution in [0.3, 0.4) is 0 Å². The van der Waals surface area contributed by atoms with E-state index < -0.39 is 4.92 Å². The van der Waals surface area contributed by atoms with Crippen molar-refractivity contribution in [3.63, 3.8) is 0 Å². The van der Waals surface area contributed by atoms with Gasteiger partial charge in [-0.25, -0.2) is 0 Å². The SMILES string of the molecule is CCNC(C)CC(=O)N(C)c1ccc([N+](=O)[O-])cc1. The summed E-state index contributed by atoms with van der Waals surface area (Å²) in [4.78, 5) is 23.6. The van der Waals surface area contributed by atoms with Gasteiger partial charge >= 0.3 is 0 Å². The number of benzene rings is 1. The Bertz CT molecular complexity index is 445. The van der Waals surface area contributed by atoms with Crippen molar-refractivity contribution < 1.29 is 9.72 Å². The molecule has 0 aliphatic rings. The normalized spacial score (nSPS) is 11.9. The van der Waals surface area contributed by atoms with Gasteiger partial charge in [0.15, 0.2) is 0 Å². The summed E-state index contributed by atoms with van der Waals surface area (Å²) in [5.41, 5.74) is 0.671. The molecular formula is C13H19N3O3. The Morgan fingerprint density at radius 3 is 2.47 bits per heavy atom. The third-order valence-corrected chi connectivity index (χ3v) is 2.86. The lowest BCUT2D eigenvalue weighted by Gasteiger charge is -2.20. The number of non-ortho nitro benzene ring substituents is 1. The summed E-state index contributed by atoms with van der Waals surface area (Å²) >= 11 is 0. The number of nitrogens with zero attached hydrogens (tertiary/aromatic N) is 2. The Morgan fingerprint density at radius 1 is 1.42 bits per heavy atom. The van der Waals surface area contributed by atoms with Gasteiger partial charge in [-0.15, -0.1) is 0 Å². The molecule has 1 aromatic rings. The van der Waals surface area contributed by atoms with Crippen LogP contribution in [0.1, 0.15) is 20.3 Å². The second kappa shape index (κ2) is 6.84. The standard InChI is InChI=1S/C13H19N3O3/c1-4-14-10(2)9-13(17)15(3)11-5-7-12(8-6-11)16(18)19/h5-8,10,14H,4,9H2,1-3H3. The average molecular weight is 265 g/mol. The zero-order valence-electron chi connectivity index (χ0n) is 11.4. The number of amides is 1. The van der Waals surface area contributed by atoms with E-state index in [1.165, 1.54) is 17.0 Å². The fourth-order valence-electron chi connectivity index (χ4n) is 1.76. The molecule has 104 valence electrons. The Hall–Kier alpha value is -1.95. The first-order chi connectivity index (χ1) is 8.95. The molecule has 6 nitrogen and oxygen atoms in total. The fourth-order valence-corrected chi connectivity index (χ4v) is 1.76. The van der Waals surface area contributed by atoms with Crippen molar-refractivity contribution in [3.8, 4) is 0 Å². The molecule has 1 unspecified atom stereocenters. The summed E-state index contributed by atoms with van der Waals surface area (Å²) in [6.07, 6.45) is 0.390. The molecule has 0 heterocycles. The Kier molecular flexibility index (Phi) is 5.44. The van der Waals surface area contributed by atoms with Crippen LogP contribution in [0.2, 0.25) is 0 Å². The molecule has 0 aromatic heterocycles. The van der Waals surface area contributed by atoms with E-state index in [0.29, 0.717) is 12.1 Å². The van der Waals surface area contributed by atoms with Crippen LogP contribution in [0.5, 0.6) is 0 Å². The van der Waals surface area contributed by atoms with Crippen LogP contribution >= 0.6 is 0 Å². The van der Waals surface area contributed by atoms with E-state index >= 15 is 0 Å². The van der Waals surface area contributed by atoms with Gasteiger partial charge in [0, 0.05) is 37.3 Å². The molecule has 1 rings (SSSR count). The first-order valence-electron chi connectivity index (χ1n) is 6.20. The predicted molar refractivity (Wildman–Crippen MR) is 74.3 cm³/mol. The van der Waals surface area contributed by atoms with Crippen molar-refractivity contribution in [3.05, 3.63) is 34.4 Å². The topological polar surface area (TPSA) is 75.5 Å². The summed E-state index contributed by atoms with van der Waals surface area (Å²) in [6.45, 7) is 4.75. The van der Waals surface area contributed by atoms with Gasteiger partial charge in [-0.1, -0.05) is 6.92 Å². The predicted octanol–water partition coefficient (Wildman–Crippen LogP) is 1.95. The van der Waals surface area contributed by atoms with Crippen molar-refractivity contribution in [1.82, 2.24) is 5.32 Å². The maximum Gasteiger partial charge on any atom is 0.269 e. The molecule has 1 amide bonds. The third-order valence-electron chi connectivity index (χ3n) is 2.86. The lowest BCUT2D eigenvalue weighted by atomic mass is 10.2. The second-order valence-corrected chi connectivity index (χ2v) is 4.39. The highest BCUT2D eigenvalue weighted by atomic mass is 16.6. The molecular weight excluding hydrogens is 246 g/mol. The molecule has 0 bridgehead atoms. The van der Waals surface area contributed by atoms with Crippen LogP contribution in [0.4, 0.5) is 11.4 Å². The number of nitro groups is 1. The number of carbonyl (C=O) groups excluding carboxylic acids is 1. The van der Waals surface area contributed by atoms with E-state index in [0.717, 1.165) is 6.54 Å². The molecule has 0 saturated carbocycles. The number of rotatable bonds is 6. The van der Waals surface area contributed by atoms with Crippen molar-refractivity contribution in [2.75, 3.05) is 18.5 Å². The van der Waals surface area contributed by atoms with Gasteiger partial charge in [0.25, 0.3) is 5.69 Å². The van der Waals surface area contributed by atoms with Crippen molar-refractivity contribution >= 4 is 17.3 Å². The molecule has 1 atom stereocenters. The molecule has 0 spiro atoms. The maximum atomic E-state index is 12.0. The van der Waals surface area contributed by atoms with Gasteiger partial charge < -0.3 is 10.2 Å². The highest BCUT2D eigenvalue weighted by molar-refractivity contribution is 5.93. The fraction of sp³-hybridized carbons (Fsp3) is 0.462. The molecule has 19 heavy (non-hydrogen) atoms. The third kappa shape index (κ3) is 4.33. The Balaban J connectivity index is 2.68. The molecule has 1 aromatic carbocycles. The van der Waals surface area contributed by atoms with E-state index in [9.17, 15) is 14.9 Å². The van der Waals surface area contributed by atoms with Gasteiger partial charge in [-0.05, 0) is 25.6 Å². The Morgan fingerprint density at radius 2 is 2.00 bits per heavy atom. The molecule has 0 aliphatic heterocycles. The van der Waals surface area contributed by atoms with E-state index in [-0.39, 0.29) is 17.6 Å². The van der Waals surface area contributed by atoms with Gasteiger partial charge in [-0.2, -0.15) is 0 Å². The van der Waals surface area contributed by atoms with Crippen LogP contribution in [0.15, 0.2) is 24.3 Å².